The first kappa shape index (κ1) is 16.6. The van der Waals surface area contributed by atoms with Gasteiger partial charge in [0, 0.05) is 18.0 Å². The number of hydrogen-bond donors (Lipinski definition) is 2. The summed E-state index contributed by atoms with van der Waals surface area (Å²) in [5.41, 5.74) is 0.482. The summed E-state index contributed by atoms with van der Waals surface area (Å²) >= 11 is 0. The first-order valence-corrected chi connectivity index (χ1v) is 7.55. The van der Waals surface area contributed by atoms with Gasteiger partial charge in [-0.1, -0.05) is 32.0 Å². The van der Waals surface area contributed by atoms with Gasteiger partial charge in [0.1, 0.15) is 5.75 Å². The van der Waals surface area contributed by atoms with Crippen molar-refractivity contribution in [2.45, 2.75) is 32.3 Å². The van der Waals surface area contributed by atoms with Crippen molar-refractivity contribution in [1.29, 1.82) is 0 Å². The number of methoxy groups -OCH3 is 1. The highest BCUT2D eigenvalue weighted by Crippen LogP contribution is 2.55. The lowest BCUT2D eigenvalue weighted by molar-refractivity contribution is -0.103. The third kappa shape index (κ3) is 2.56. The molecule has 1 aromatic carbocycles. The number of aliphatic hydroxyl groups is 1. The zero-order valence-electron chi connectivity index (χ0n) is 13.1. The monoisotopic (exact) mass is 311 g/mol. The Kier molecular flexibility index (Phi) is 4.57. The van der Waals surface area contributed by atoms with Crippen molar-refractivity contribution in [2.75, 3.05) is 20.2 Å². The molecule has 1 heterocycles. The van der Waals surface area contributed by atoms with E-state index in [4.69, 9.17) is 4.74 Å². The number of hydrogen-bond acceptors (Lipinski definition) is 3. The third-order valence-corrected chi connectivity index (χ3v) is 5.56. The Labute approximate surface area is 133 Å². The summed E-state index contributed by atoms with van der Waals surface area (Å²) in [6, 6.07) is 7.92. The Bertz CT molecular complexity index is 505. The van der Waals surface area contributed by atoms with Crippen molar-refractivity contribution < 1.29 is 9.84 Å². The molecule has 1 aromatic rings. The van der Waals surface area contributed by atoms with Crippen LogP contribution in [0.15, 0.2) is 24.3 Å². The second kappa shape index (κ2) is 5.79. The Hall–Kier alpha value is -0.770. The fourth-order valence-electron chi connectivity index (χ4n) is 4.22. The number of para-hydroxylation sites is 1. The lowest BCUT2D eigenvalue weighted by Gasteiger charge is -2.49. The van der Waals surface area contributed by atoms with Crippen molar-refractivity contribution in [1.82, 2.24) is 5.32 Å². The highest BCUT2D eigenvalue weighted by atomic mass is 35.5. The van der Waals surface area contributed by atoms with Gasteiger partial charge in [0.25, 0.3) is 0 Å². The van der Waals surface area contributed by atoms with E-state index < -0.39 is 5.60 Å². The van der Waals surface area contributed by atoms with Gasteiger partial charge in [0.05, 0.1) is 12.7 Å². The van der Waals surface area contributed by atoms with Crippen LogP contribution < -0.4 is 10.1 Å². The predicted octanol–water partition coefficient (Wildman–Crippen LogP) is 2.96. The molecule has 3 nitrogen and oxygen atoms in total. The largest absolute Gasteiger partial charge is 0.496 e. The molecule has 0 spiro atoms. The highest BCUT2D eigenvalue weighted by molar-refractivity contribution is 5.85. The topological polar surface area (TPSA) is 41.5 Å². The average Bonchev–Trinajstić information content (AvgIpc) is 2.95. The van der Waals surface area contributed by atoms with Crippen LogP contribution >= 0.6 is 12.4 Å². The fraction of sp³-hybridized carbons (Fsp3) is 0.647. The van der Waals surface area contributed by atoms with Crippen LogP contribution in [0.5, 0.6) is 5.75 Å². The predicted molar refractivity (Wildman–Crippen MR) is 87.0 cm³/mol. The van der Waals surface area contributed by atoms with Crippen LogP contribution in [0.2, 0.25) is 0 Å². The van der Waals surface area contributed by atoms with Gasteiger partial charge in [-0.15, -0.1) is 12.4 Å². The lowest BCUT2D eigenvalue weighted by atomic mass is 9.57. The Balaban J connectivity index is 0.00000161. The lowest BCUT2D eigenvalue weighted by Crippen LogP contribution is -2.49. The van der Waals surface area contributed by atoms with Crippen molar-refractivity contribution in [3.8, 4) is 5.75 Å². The minimum Gasteiger partial charge on any atom is -0.496 e. The first-order chi connectivity index (χ1) is 9.49. The Morgan fingerprint density at radius 1 is 1.14 bits per heavy atom. The second-order valence-corrected chi connectivity index (χ2v) is 6.98. The normalized spacial score (nSPS) is 33.9. The van der Waals surface area contributed by atoms with Gasteiger partial charge in [-0.2, -0.15) is 0 Å². The van der Waals surface area contributed by atoms with Gasteiger partial charge in [-0.3, -0.25) is 0 Å². The van der Waals surface area contributed by atoms with E-state index in [1.54, 1.807) is 7.11 Å². The minimum absolute atomic E-state index is 0. The van der Waals surface area contributed by atoms with Crippen molar-refractivity contribution in [3.63, 3.8) is 0 Å². The molecule has 118 valence electrons. The van der Waals surface area contributed by atoms with E-state index in [1.807, 2.05) is 24.3 Å². The molecular formula is C17H26ClNO2. The molecule has 0 radical (unpaired) electrons. The quantitative estimate of drug-likeness (QED) is 0.882. The van der Waals surface area contributed by atoms with Gasteiger partial charge >= 0.3 is 0 Å². The molecule has 0 bridgehead atoms. The summed E-state index contributed by atoms with van der Waals surface area (Å²) in [7, 11) is 1.68. The summed E-state index contributed by atoms with van der Waals surface area (Å²) in [4.78, 5) is 0. The number of halogens is 1. The van der Waals surface area contributed by atoms with Gasteiger partial charge in [-0.05, 0) is 36.8 Å². The molecule has 3 rings (SSSR count). The maximum absolute atomic E-state index is 11.4. The second-order valence-electron chi connectivity index (χ2n) is 6.98. The smallest absolute Gasteiger partial charge is 0.124 e. The molecule has 0 amide bonds. The van der Waals surface area contributed by atoms with E-state index in [-0.39, 0.29) is 18.3 Å². The Morgan fingerprint density at radius 3 is 2.52 bits per heavy atom. The molecule has 2 fully saturated rings. The number of nitrogens with one attached hydrogen (secondary N) is 1. The number of benzene rings is 1. The molecule has 2 N–H and O–H groups in total. The molecule has 21 heavy (non-hydrogen) atoms. The molecule has 2 aliphatic rings. The van der Waals surface area contributed by atoms with E-state index in [0.29, 0.717) is 11.3 Å². The molecule has 0 aromatic heterocycles. The zero-order chi connectivity index (χ0) is 14.4. The molecule has 1 aliphatic carbocycles. The summed E-state index contributed by atoms with van der Waals surface area (Å²) in [5, 5.41) is 14.9. The van der Waals surface area contributed by atoms with Crippen LogP contribution in [0.3, 0.4) is 0 Å². The van der Waals surface area contributed by atoms with Crippen LogP contribution in [-0.4, -0.2) is 25.3 Å². The standard InChI is InChI=1S/C17H25NO2.ClH/c1-16(2)8-9-17(19,14-11-18-10-13(14)16)12-6-4-5-7-15(12)20-3;/h4-7,13-14,18-19H,8-11H2,1-3H3;1H. The SMILES string of the molecule is COc1ccccc1C1(O)CCC(C)(C)C2CNCC21.Cl. The van der Waals surface area contributed by atoms with Gasteiger partial charge in [-0.25, -0.2) is 0 Å². The molecule has 1 aliphatic heterocycles. The minimum atomic E-state index is -0.768. The van der Waals surface area contributed by atoms with E-state index in [0.717, 1.165) is 37.2 Å². The van der Waals surface area contributed by atoms with E-state index in [9.17, 15) is 5.11 Å². The van der Waals surface area contributed by atoms with E-state index >= 15 is 0 Å². The summed E-state index contributed by atoms with van der Waals surface area (Å²) in [5.74, 6) is 1.59. The maximum Gasteiger partial charge on any atom is 0.124 e. The maximum atomic E-state index is 11.4. The average molecular weight is 312 g/mol. The number of rotatable bonds is 2. The molecule has 3 unspecified atom stereocenters. The molecule has 1 saturated heterocycles. The van der Waals surface area contributed by atoms with Crippen LogP contribution in [0.4, 0.5) is 0 Å². The Morgan fingerprint density at radius 2 is 1.81 bits per heavy atom. The van der Waals surface area contributed by atoms with E-state index in [1.165, 1.54) is 0 Å². The van der Waals surface area contributed by atoms with E-state index in [2.05, 4.69) is 19.2 Å². The van der Waals surface area contributed by atoms with Crippen LogP contribution in [0.1, 0.15) is 32.3 Å². The molecular weight excluding hydrogens is 286 g/mol. The van der Waals surface area contributed by atoms with Crippen LogP contribution in [0.25, 0.3) is 0 Å². The van der Waals surface area contributed by atoms with Gasteiger partial charge in [0.2, 0.25) is 0 Å². The van der Waals surface area contributed by atoms with Gasteiger partial charge in [0.15, 0.2) is 0 Å². The molecule has 4 heteroatoms. The van der Waals surface area contributed by atoms with Crippen LogP contribution in [-0.2, 0) is 5.60 Å². The molecule has 3 atom stereocenters. The zero-order valence-corrected chi connectivity index (χ0v) is 13.9. The van der Waals surface area contributed by atoms with Crippen LogP contribution in [0, 0.1) is 17.3 Å². The number of fused-ring (bicyclic) bond motifs is 1. The van der Waals surface area contributed by atoms with Crippen molar-refractivity contribution >= 4 is 12.4 Å². The first-order valence-electron chi connectivity index (χ1n) is 7.55. The molecule has 1 saturated carbocycles. The number of ether oxygens (including phenoxy) is 1. The van der Waals surface area contributed by atoms with Crippen molar-refractivity contribution in [3.05, 3.63) is 29.8 Å². The third-order valence-electron chi connectivity index (χ3n) is 5.56. The van der Waals surface area contributed by atoms with Gasteiger partial charge < -0.3 is 15.2 Å². The summed E-state index contributed by atoms with van der Waals surface area (Å²) in [6.07, 6.45) is 1.85. The van der Waals surface area contributed by atoms with Crippen molar-refractivity contribution in [2.24, 2.45) is 17.3 Å². The summed E-state index contributed by atoms with van der Waals surface area (Å²) < 4.78 is 5.48. The highest BCUT2D eigenvalue weighted by Gasteiger charge is 2.54. The fourth-order valence-corrected chi connectivity index (χ4v) is 4.22. The summed E-state index contributed by atoms with van der Waals surface area (Å²) in [6.45, 7) is 6.57.